The van der Waals surface area contributed by atoms with Gasteiger partial charge in [-0.25, -0.2) is 13.1 Å². The fourth-order valence-electron chi connectivity index (χ4n) is 5.25. The number of nitrogens with one attached hydrogen (secondary N) is 2. The number of ether oxygens (including phenoxy) is 4. The van der Waals surface area contributed by atoms with Crippen molar-refractivity contribution in [2.45, 2.75) is 69.8 Å². The summed E-state index contributed by atoms with van der Waals surface area (Å²) in [6.07, 6.45) is 1.10. The Balaban J connectivity index is 1.34. The number of fused-ring (bicyclic) bond motifs is 1. The molecule has 5 rings (SSSR count). The van der Waals surface area contributed by atoms with E-state index in [-0.39, 0.29) is 17.7 Å². The lowest BCUT2D eigenvalue weighted by atomic mass is 10.0. The van der Waals surface area contributed by atoms with Crippen LogP contribution in [-0.2, 0) is 34.2 Å². The van der Waals surface area contributed by atoms with E-state index in [0.29, 0.717) is 54.8 Å². The molecule has 2 aliphatic heterocycles. The van der Waals surface area contributed by atoms with Gasteiger partial charge in [0.05, 0.1) is 23.1 Å². The molecular weight excluding hydrogens is 554 g/mol. The number of sulfonamides is 1. The maximum absolute atomic E-state index is 13.8. The van der Waals surface area contributed by atoms with E-state index in [1.54, 1.807) is 18.2 Å². The van der Waals surface area contributed by atoms with Gasteiger partial charge in [0, 0.05) is 18.2 Å². The predicted octanol–water partition coefficient (Wildman–Crippen LogP) is 4.68. The van der Waals surface area contributed by atoms with Gasteiger partial charge in [0.15, 0.2) is 11.5 Å². The van der Waals surface area contributed by atoms with Gasteiger partial charge < -0.3 is 18.9 Å². The fraction of sp³-hybridized carbons (Fsp3) is 0.406. The third-order valence-corrected chi connectivity index (χ3v) is 8.72. The first-order valence-corrected chi connectivity index (χ1v) is 15.6. The second-order valence-corrected chi connectivity index (χ2v) is 13.4. The summed E-state index contributed by atoms with van der Waals surface area (Å²) in [5.74, 6) is 2.06. The monoisotopic (exact) mass is 591 g/mol. The van der Waals surface area contributed by atoms with Crippen molar-refractivity contribution in [3.63, 3.8) is 0 Å². The highest BCUT2D eigenvalue weighted by Crippen LogP contribution is 2.39. The van der Waals surface area contributed by atoms with Crippen LogP contribution in [0.15, 0.2) is 65.6 Å². The lowest BCUT2D eigenvalue weighted by molar-refractivity contribution is 0.0230. The van der Waals surface area contributed by atoms with Gasteiger partial charge >= 0.3 is 0 Å². The molecule has 2 atom stereocenters. The zero-order valence-corrected chi connectivity index (χ0v) is 25.2. The van der Waals surface area contributed by atoms with Crippen molar-refractivity contribution in [1.82, 2.24) is 10.0 Å². The SMILES string of the molecule is CC(C)Cc1cc(S(=O)(=O)NC(Cc2ccc(OCc3cccc(C#N)c3)cc2)[C@H]2COC(C)(C)N2)cc2c1OCO2. The van der Waals surface area contributed by atoms with Crippen LogP contribution in [-0.4, -0.2) is 39.6 Å². The molecule has 0 radical (unpaired) electrons. The Morgan fingerprint density at radius 3 is 2.55 bits per heavy atom. The van der Waals surface area contributed by atoms with E-state index in [0.717, 1.165) is 16.7 Å². The topological polar surface area (TPSA) is 119 Å². The molecule has 0 aliphatic carbocycles. The van der Waals surface area contributed by atoms with Gasteiger partial charge in [0.25, 0.3) is 0 Å². The van der Waals surface area contributed by atoms with E-state index >= 15 is 0 Å². The van der Waals surface area contributed by atoms with Crippen molar-refractivity contribution in [3.05, 3.63) is 82.9 Å². The van der Waals surface area contributed by atoms with Gasteiger partial charge in [-0.3, -0.25) is 5.32 Å². The lowest BCUT2D eigenvalue weighted by Crippen LogP contribution is -2.52. The Morgan fingerprint density at radius 2 is 1.86 bits per heavy atom. The van der Waals surface area contributed by atoms with Crippen LogP contribution in [0.1, 0.15) is 49.9 Å². The Bertz CT molecular complexity index is 1560. The Kier molecular flexibility index (Phi) is 8.76. The van der Waals surface area contributed by atoms with Gasteiger partial charge in [-0.1, -0.05) is 38.1 Å². The minimum absolute atomic E-state index is 0.0738. The maximum Gasteiger partial charge on any atom is 0.241 e. The zero-order valence-electron chi connectivity index (χ0n) is 24.3. The van der Waals surface area contributed by atoms with Crippen LogP contribution in [0.25, 0.3) is 0 Å². The van der Waals surface area contributed by atoms with Crippen molar-refractivity contribution in [2.75, 3.05) is 13.4 Å². The summed E-state index contributed by atoms with van der Waals surface area (Å²) in [6.45, 7) is 8.78. The van der Waals surface area contributed by atoms with Crippen molar-refractivity contribution in [3.8, 4) is 23.3 Å². The molecule has 0 aromatic heterocycles. The molecule has 0 bridgehead atoms. The average Bonchev–Trinajstić information content (AvgIpc) is 3.58. The second-order valence-electron chi connectivity index (χ2n) is 11.7. The van der Waals surface area contributed by atoms with Crippen molar-refractivity contribution < 1.29 is 27.4 Å². The molecule has 2 N–H and O–H groups in total. The van der Waals surface area contributed by atoms with Gasteiger partial charge in [-0.05, 0) is 79.6 Å². The van der Waals surface area contributed by atoms with Gasteiger partial charge in [-0.2, -0.15) is 5.26 Å². The first-order chi connectivity index (χ1) is 20.0. The van der Waals surface area contributed by atoms with E-state index in [1.165, 1.54) is 6.07 Å². The molecule has 3 aromatic rings. The van der Waals surface area contributed by atoms with E-state index < -0.39 is 21.8 Å². The van der Waals surface area contributed by atoms with Crippen LogP contribution in [0.5, 0.6) is 17.2 Å². The van der Waals surface area contributed by atoms with E-state index in [1.807, 2.05) is 50.2 Å². The molecule has 42 heavy (non-hydrogen) atoms. The number of hydrogen-bond acceptors (Lipinski definition) is 8. The summed E-state index contributed by atoms with van der Waals surface area (Å²) in [5, 5.41) is 12.5. The quantitative estimate of drug-likeness (QED) is 0.330. The van der Waals surface area contributed by atoms with E-state index in [2.05, 4.69) is 30.0 Å². The van der Waals surface area contributed by atoms with Crippen LogP contribution in [0.2, 0.25) is 0 Å². The van der Waals surface area contributed by atoms with Crippen LogP contribution < -0.4 is 24.2 Å². The highest BCUT2D eigenvalue weighted by molar-refractivity contribution is 7.89. The molecule has 0 saturated carbocycles. The molecule has 2 aliphatic rings. The average molecular weight is 592 g/mol. The molecular formula is C32H37N3O6S. The van der Waals surface area contributed by atoms with Crippen LogP contribution in [0.3, 0.4) is 0 Å². The molecule has 9 nitrogen and oxygen atoms in total. The summed E-state index contributed by atoms with van der Waals surface area (Å²) >= 11 is 0. The summed E-state index contributed by atoms with van der Waals surface area (Å²) in [4.78, 5) is 0.148. The first kappa shape index (κ1) is 29.9. The van der Waals surface area contributed by atoms with Gasteiger partial charge in [-0.15, -0.1) is 0 Å². The third-order valence-electron chi connectivity index (χ3n) is 7.25. The number of benzene rings is 3. The molecule has 1 unspecified atom stereocenters. The summed E-state index contributed by atoms with van der Waals surface area (Å²) in [7, 11) is -3.92. The number of nitrogens with zero attached hydrogens (tertiary/aromatic N) is 1. The molecule has 10 heteroatoms. The van der Waals surface area contributed by atoms with Crippen molar-refractivity contribution in [1.29, 1.82) is 5.26 Å². The van der Waals surface area contributed by atoms with Crippen LogP contribution in [0.4, 0.5) is 0 Å². The number of nitriles is 1. The largest absolute Gasteiger partial charge is 0.489 e. The van der Waals surface area contributed by atoms with E-state index in [4.69, 9.17) is 24.2 Å². The molecule has 222 valence electrons. The summed E-state index contributed by atoms with van der Waals surface area (Å²) in [6, 6.07) is 19.5. The molecule has 3 aromatic carbocycles. The Labute approximate surface area is 247 Å². The van der Waals surface area contributed by atoms with E-state index in [9.17, 15) is 8.42 Å². The zero-order chi connectivity index (χ0) is 29.9. The fourth-order valence-corrected chi connectivity index (χ4v) is 6.59. The third kappa shape index (κ3) is 7.23. The number of rotatable bonds is 11. The maximum atomic E-state index is 13.8. The summed E-state index contributed by atoms with van der Waals surface area (Å²) < 4.78 is 53.6. The van der Waals surface area contributed by atoms with Crippen molar-refractivity contribution >= 4 is 10.0 Å². The Hall–Kier alpha value is -3.62. The van der Waals surface area contributed by atoms with Crippen LogP contribution >= 0.6 is 0 Å². The van der Waals surface area contributed by atoms with Gasteiger partial charge in [0.1, 0.15) is 18.1 Å². The standard InChI is InChI=1S/C32H37N3O6S/c1-21(2)12-25-15-27(16-30-31(25)40-20-39-30)42(36,37)35-28(29-19-41-32(3,4)34-29)14-22-8-10-26(11-9-22)38-18-24-7-5-6-23(13-24)17-33/h5-11,13,15-16,21,28-29,34-35H,12,14,18-20H2,1-4H3/t28?,29-/m1/s1. The molecule has 0 spiro atoms. The molecule has 2 heterocycles. The second kappa shape index (κ2) is 12.3. The lowest BCUT2D eigenvalue weighted by Gasteiger charge is -2.26. The predicted molar refractivity (Wildman–Crippen MR) is 158 cm³/mol. The summed E-state index contributed by atoms with van der Waals surface area (Å²) in [5.41, 5.74) is 2.68. The normalized spacial score (nSPS) is 18.1. The molecule has 0 amide bonds. The van der Waals surface area contributed by atoms with Gasteiger partial charge in [0.2, 0.25) is 16.8 Å². The van der Waals surface area contributed by atoms with Crippen molar-refractivity contribution in [2.24, 2.45) is 5.92 Å². The highest BCUT2D eigenvalue weighted by atomic mass is 32.2. The minimum atomic E-state index is -3.92. The Morgan fingerprint density at radius 1 is 1.07 bits per heavy atom. The van der Waals surface area contributed by atoms with Crippen LogP contribution in [0, 0.1) is 17.2 Å². The molecule has 1 fully saturated rings. The number of hydrogen-bond donors (Lipinski definition) is 2. The minimum Gasteiger partial charge on any atom is -0.489 e. The molecule has 1 saturated heterocycles. The first-order valence-electron chi connectivity index (χ1n) is 14.1. The highest BCUT2D eigenvalue weighted by Gasteiger charge is 2.38. The smallest absolute Gasteiger partial charge is 0.241 e.